The van der Waals surface area contributed by atoms with Gasteiger partial charge >= 0.3 is 6.03 Å². The summed E-state index contributed by atoms with van der Waals surface area (Å²) in [5, 5.41) is 3.31. The lowest BCUT2D eigenvalue weighted by atomic mass is 10.0. The maximum absolute atomic E-state index is 13.7. The van der Waals surface area contributed by atoms with Gasteiger partial charge in [0.05, 0.1) is 28.3 Å². The maximum Gasteiger partial charge on any atom is 0.328 e. The van der Waals surface area contributed by atoms with Crippen LogP contribution in [0.1, 0.15) is 36.4 Å². The monoisotopic (exact) mass is 498 g/mol. The molecular weight excluding hydrogens is 472 g/mol. The highest BCUT2D eigenvalue weighted by molar-refractivity contribution is 6.17. The van der Waals surface area contributed by atoms with Crippen LogP contribution in [-0.2, 0) is 4.79 Å². The number of amidine groups is 1. The van der Waals surface area contributed by atoms with E-state index < -0.39 is 12.1 Å². The number of carbonyl (C=O) groups excluding carboxylic acids is 2. The van der Waals surface area contributed by atoms with Crippen molar-refractivity contribution >= 4 is 45.5 Å². The fourth-order valence-electron chi connectivity index (χ4n) is 5.08. The zero-order chi connectivity index (χ0) is 25.5. The van der Waals surface area contributed by atoms with Crippen LogP contribution in [0.4, 0.5) is 10.5 Å². The molecule has 4 heterocycles. The first-order valence-electron chi connectivity index (χ1n) is 12.4. The number of fused-ring (bicyclic) bond motifs is 2. The number of likely N-dealkylation sites (tertiary alicyclic amines) is 1. The first kappa shape index (κ1) is 23.0. The largest absolute Gasteiger partial charge is 0.464 e. The molecule has 2 fully saturated rings. The summed E-state index contributed by atoms with van der Waals surface area (Å²) < 4.78 is 5.84. The quantitative estimate of drug-likeness (QED) is 0.393. The number of anilines is 1. The van der Waals surface area contributed by atoms with Crippen molar-refractivity contribution in [2.75, 3.05) is 24.5 Å². The minimum absolute atomic E-state index is 0.170. The fraction of sp³-hybridized carbons (Fsp3) is 0.296. The molecule has 1 unspecified atom stereocenters. The lowest BCUT2D eigenvalue weighted by Gasteiger charge is -2.23. The van der Waals surface area contributed by atoms with Gasteiger partial charge in [-0.2, -0.15) is 0 Å². The predicted molar refractivity (Wildman–Crippen MR) is 140 cm³/mol. The Morgan fingerprint density at radius 1 is 1.16 bits per heavy atom. The standard InChI is InChI=1S/C27H26N6O4/c1-16-5-8-22-18(12-16)25(35)19(14-37-22)24-26(28-9-3-11-32-10-2-4-23(32)34)31-27(36)33(24)17-6-7-20-21(13-17)30-15-29-20/h5-8,12-15,24H,2-4,9-11H2,1H3,(H,29,30)(H,28,31,36). The molecule has 0 aliphatic carbocycles. The molecule has 2 N–H and O–H groups in total. The van der Waals surface area contributed by atoms with Gasteiger partial charge in [0.2, 0.25) is 5.91 Å². The number of hydrogen-bond acceptors (Lipinski definition) is 6. The molecule has 10 nitrogen and oxygen atoms in total. The van der Waals surface area contributed by atoms with Crippen LogP contribution in [0, 0.1) is 6.92 Å². The molecule has 0 spiro atoms. The van der Waals surface area contributed by atoms with E-state index in [9.17, 15) is 14.4 Å². The van der Waals surface area contributed by atoms with E-state index in [1.54, 1.807) is 24.5 Å². The van der Waals surface area contributed by atoms with E-state index in [-0.39, 0.29) is 11.3 Å². The molecule has 10 heteroatoms. The molecule has 0 radical (unpaired) electrons. The number of aromatic amines is 1. The summed E-state index contributed by atoms with van der Waals surface area (Å²) in [7, 11) is 0. The number of nitrogens with zero attached hydrogens (tertiary/aromatic N) is 4. The number of aryl methyl sites for hydroxylation is 1. The molecule has 2 aliphatic rings. The van der Waals surface area contributed by atoms with E-state index in [0.29, 0.717) is 59.5 Å². The highest BCUT2D eigenvalue weighted by Gasteiger charge is 2.41. The van der Waals surface area contributed by atoms with Gasteiger partial charge in [-0.15, -0.1) is 0 Å². The molecule has 6 rings (SSSR count). The van der Waals surface area contributed by atoms with Gasteiger partial charge in [-0.05, 0) is 50.1 Å². The third-order valence-electron chi connectivity index (χ3n) is 6.94. The van der Waals surface area contributed by atoms with Gasteiger partial charge in [-0.1, -0.05) is 11.6 Å². The second-order valence-electron chi connectivity index (χ2n) is 9.43. The molecule has 188 valence electrons. The Morgan fingerprint density at radius 2 is 2.05 bits per heavy atom. The number of rotatable bonds is 6. The molecule has 0 bridgehead atoms. The molecule has 2 aromatic heterocycles. The normalized spacial score (nSPS) is 19.1. The van der Waals surface area contributed by atoms with E-state index >= 15 is 0 Å². The number of carbonyl (C=O) groups is 2. The van der Waals surface area contributed by atoms with Crippen molar-refractivity contribution < 1.29 is 14.0 Å². The Morgan fingerprint density at radius 3 is 2.89 bits per heavy atom. The zero-order valence-electron chi connectivity index (χ0n) is 20.4. The third kappa shape index (κ3) is 4.14. The van der Waals surface area contributed by atoms with Crippen molar-refractivity contribution in [1.29, 1.82) is 0 Å². The number of aromatic nitrogens is 2. The van der Waals surface area contributed by atoms with E-state index in [1.165, 1.54) is 11.2 Å². The van der Waals surface area contributed by atoms with Crippen molar-refractivity contribution in [2.45, 2.75) is 32.2 Å². The minimum Gasteiger partial charge on any atom is -0.464 e. The van der Waals surface area contributed by atoms with Crippen molar-refractivity contribution in [2.24, 2.45) is 4.99 Å². The number of hydrogen-bond donors (Lipinski definition) is 2. The molecular formula is C27H26N6O4. The SMILES string of the molecule is Cc1ccc2occ(C3/C(=N/CCCN4CCCC4=O)NC(=O)N3c3ccc4[nH]cnc4c3)c(=O)c2c1. The Kier molecular flexibility index (Phi) is 5.71. The molecule has 2 aliphatic heterocycles. The van der Waals surface area contributed by atoms with E-state index in [4.69, 9.17) is 4.42 Å². The number of benzene rings is 2. The molecule has 1 atom stereocenters. The number of imidazole rings is 1. The van der Waals surface area contributed by atoms with Crippen LogP contribution in [0.3, 0.4) is 0 Å². The number of aliphatic imine (C=N–C) groups is 1. The molecule has 4 aromatic rings. The molecule has 2 saturated heterocycles. The van der Waals surface area contributed by atoms with Crippen LogP contribution >= 0.6 is 0 Å². The maximum atomic E-state index is 13.7. The summed E-state index contributed by atoms with van der Waals surface area (Å²) >= 11 is 0. The second-order valence-corrected chi connectivity index (χ2v) is 9.43. The topological polar surface area (TPSA) is 124 Å². The first-order valence-corrected chi connectivity index (χ1v) is 12.4. The van der Waals surface area contributed by atoms with Gasteiger partial charge in [0.15, 0.2) is 5.43 Å². The van der Waals surface area contributed by atoms with Gasteiger partial charge in [-0.3, -0.25) is 24.8 Å². The molecule has 0 saturated carbocycles. The van der Waals surface area contributed by atoms with E-state index in [1.807, 2.05) is 30.0 Å². The highest BCUT2D eigenvalue weighted by Crippen LogP contribution is 2.33. The van der Waals surface area contributed by atoms with Crippen LogP contribution in [0.15, 0.2) is 63.2 Å². The van der Waals surface area contributed by atoms with Crippen molar-refractivity contribution in [3.05, 3.63) is 70.3 Å². The number of urea groups is 1. The zero-order valence-corrected chi connectivity index (χ0v) is 20.4. The second kappa shape index (κ2) is 9.20. The molecule has 2 aromatic carbocycles. The van der Waals surface area contributed by atoms with Crippen molar-refractivity contribution in [3.63, 3.8) is 0 Å². The Bertz CT molecular complexity index is 1620. The fourth-order valence-corrected chi connectivity index (χ4v) is 5.08. The predicted octanol–water partition coefficient (Wildman–Crippen LogP) is 3.66. The van der Waals surface area contributed by atoms with Crippen LogP contribution in [-0.4, -0.2) is 52.3 Å². The smallest absolute Gasteiger partial charge is 0.328 e. The first-order chi connectivity index (χ1) is 18.0. The lowest BCUT2D eigenvalue weighted by Crippen LogP contribution is -2.32. The van der Waals surface area contributed by atoms with Gasteiger partial charge in [0.1, 0.15) is 23.7 Å². The Hall–Kier alpha value is -4.47. The van der Waals surface area contributed by atoms with Crippen molar-refractivity contribution in [1.82, 2.24) is 20.2 Å². The summed E-state index contributed by atoms with van der Waals surface area (Å²) in [6.45, 7) is 3.71. The summed E-state index contributed by atoms with van der Waals surface area (Å²) in [5.74, 6) is 0.544. The summed E-state index contributed by atoms with van der Waals surface area (Å²) in [5.41, 5.74) is 3.63. The van der Waals surface area contributed by atoms with Crippen LogP contribution in [0.25, 0.3) is 22.0 Å². The molecule has 37 heavy (non-hydrogen) atoms. The summed E-state index contributed by atoms with van der Waals surface area (Å²) in [6, 6.07) is 9.71. The van der Waals surface area contributed by atoms with Crippen LogP contribution < -0.4 is 15.6 Å². The lowest BCUT2D eigenvalue weighted by molar-refractivity contribution is -0.127. The Balaban J connectivity index is 1.39. The minimum atomic E-state index is -0.793. The highest BCUT2D eigenvalue weighted by atomic mass is 16.3. The molecule has 3 amide bonds. The average molecular weight is 499 g/mol. The summed E-state index contributed by atoms with van der Waals surface area (Å²) in [6.07, 6.45) is 5.15. The van der Waals surface area contributed by atoms with E-state index in [2.05, 4.69) is 20.3 Å². The van der Waals surface area contributed by atoms with Crippen LogP contribution in [0.2, 0.25) is 0 Å². The van der Waals surface area contributed by atoms with E-state index in [0.717, 1.165) is 24.0 Å². The third-order valence-corrected chi connectivity index (χ3v) is 6.94. The average Bonchev–Trinajstić information content (AvgIpc) is 3.60. The van der Waals surface area contributed by atoms with Gasteiger partial charge in [0, 0.05) is 31.7 Å². The van der Waals surface area contributed by atoms with Gasteiger partial charge < -0.3 is 14.3 Å². The number of amides is 3. The van der Waals surface area contributed by atoms with Gasteiger partial charge in [-0.25, -0.2) is 9.78 Å². The van der Waals surface area contributed by atoms with Crippen molar-refractivity contribution in [3.8, 4) is 0 Å². The number of H-pyrrole nitrogens is 1. The number of nitrogens with one attached hydrogen (secondary N) is 2. The Labute approximate surface area is 212 Å². The van der Waals surface area contributed by atoms with Gasteiger partial charge in [0.25, 0.3) is 0 Å². The van der Waals surface area contributed by atoms with Crippen LogP contribution in [0.5, 0.6) is 0 Å². The summed E-state index contributed by atoms with van der Waals surface area (Å²) in [4.78, 5) is 54.3.